The summed E-state index contributed by atoms with van der Waals surface area (Å²) in [6.45, 7) is 6.74. The molecule has 7 atom stereocenters. The molecule has 4 aliphatic carbocycles. The smallest absolute Gasteiger partial charge is 0.139 e. The molecule has 3 fully saturated rings. The number of allylic oxidation sites excluding steroid dienone is 1. The Labute approximate surface area is 139 Å². The number of carbonyl (C=O) groups excluding carboxylic acids is 1. The van der Waals surface area contributed by atoms with Crippen molar-refractivity contribution in [2.24, 2.45) is 34.5 Å². The summed E-state index contributed by atoms with van der Waals surface area (Å²) in [5.41, 5.74) is 1.05. The summed E-state index contributed by atoms with van der Waals surface area (Å²) in [4.78, 5) is 12.5. The van der Waals surface area contributed by atoms with Crippen LogP contribution in [0.4, 0.5) is 0 Å². The molecule has 0 saturated heterocycles. The molecule has 2 N–H and O–H groups in total. The van der Waals surface area contributed by atoms with E-state index in [4.69, 9.17) is 0 Å². The Balaban J connectivity index is 1.76. The lowest BCUT2D eigenvalue weighted by Gasteiger charge is -2.59. The zero-order valence-electron chi connectivity index (χ0n) is 14.6. The van der Waals surface area contributed by atoms with Gasteiger partial charge in [-0.1, -0.05) is 20.8 Å². The van der Waals surface area contributed by atoms with E-state index >= 15 is 0 Å². The molecular formula is C20H30O3. The molecule has 4 rings (SSSR count). The maximum Gasteiger partial charge on any atom is 0.139 e. The molecule has 0 heterocycles. The van der Waals surface area contributed by atoms with Gasteiger partial charge in [0.2, 0.25) is 0 Å². The Morgan fingerprint density at radius 1 is 1.04 bits per heavy atom. The maximum atomic E-state index is 12.5. The summed E-state index contributed by atoms with van der Waals surface area (Å²) < 4.78 is 0. The Bertz CT molecular complexity index is 579. The van der Waals surface area contributed by atoms with Crippen LogP contribution in [0.15, 0.2) is 11.3 Å². The monoisotopic (exact) mass is 318 g/mol. The Hall–Kier alpha value is -0.830. The third-order valence-corrected chi connectivity index (χ3v) is 8.23. The molecule has 0 aromatic carbocycles. The number of ketones is 1. The van der Waals surface area contributed by atoms with Gasteiger partial charge in [0.25, 0.3) is 0 Å². The molecule has 0 aromatic heterocycles. The van der Waals surface area contributed by atoms with Crippen LogP contribution in [-0.4, -0.2) is 22.1 Å². The lowest BCUT2D eigenvalue weighted by atomic mass is 9.45. The molecule has 1 unspecified atom stereocenters. The van der Waals surface area contributed by atoms with E-state index in [-0.39, 0.29) is 16.6 Å². The predicted molar refractivity (Wildman–Crippen MR) is 88.8 cm³/mol. The van der Waals surface area contributed by atoms with E-state index in [0.29, 0.717) is 35.9 Å². The van der Waals surface area contributed by atoms with Crippen LogP contribution in [0.5, 0.6) is 0 Å². The molecule has 128 valence electrons. The van der Waals surface area contributed by atoms with Crippen LogP contribution >= 0.6 is 0 Å². The van der Waals surface area contributed by atoms with Crippen molar-refractivity contribution < 1.29 is 15.0 Å². The first-order chi connectivity index (χ1) is 10.8. The highest BCUT2D eigenvalue weighted by Crippen LogP contribution is 2.66. The van der Waals surface area contributed by atoms with Crippen LogP contribution in [-0.2, 0) is 4.79 Å². The van der Waals surface area contributed by atoms with Crippen LogP contribution in [0.25, 0.3) is 0 Å². The topological polar surface area (TPSA) is 57.5 Å². The maximum absolute atomic E-state index is 12.5. The second-order valence-electron chi connectivity index (χ2n) is 9.20. The summed E-state index contributed by atoms with van der Waals surface area (Å²) >= 11 is 0. The molecule has 0 aliphatic heterocycles. The lowest BCUT2D eigenvalue weighted by molar-refractivity contribution is -0.133. The van der Waals surface area contributed by atoms with Crippen molar-refractivity contribution in [2.75, 3.05) is 0 Å². The molecule has 23 heavy (non-hydrogen) atoms. The highest BCUT2D eigenvalue weighted by Gasteiger charge is 2.60. The molecule has 0 bridgehead atoms. The van der Waals surface area contributed by atoms with Crippen molar-refractivity contribution >= 4 is 5.78 Å². The van der Waals surface area contributed by atoms with Gasteiger partial charge >= 0.3 is 0 Å². The van der Waals surface area contributed by atoms with Crippen molar-refractivity contribution in [2.45, 2.75) is 71.8 Å². The molecule has 0 radical (unpaired) electrons. The van der Waals surface area contributed by atoms with Crippen molar-refractivity contribution in [3.05, 3.63) is 11.3 Å². The fourth-order valence-corrected chi connectivity index (χ4v) is 7.08. The molecular weight excluding hydrogens is 288 g/mol. The van der Waals surface area contributed by atoms with Gasteiger partial charge in [-0.15, -0.1) is 0 Å². The van der Waals surface area contributed by atoms with Crippen molar-refractivity contribution in [3.8, 4) is 0 Å². The van der Waals surface area contributed by atoms with E-state index in [1.165, 1.54) is 0 Å². The second-order valence-corrected chi connectivity index (χ2v) is 9.20. The van der Waals surface area contributed by atoms with Gasteiger partial charge in [0.05, 0.1) is 0 Å². The standard InChI is InChI=1S/C20H30O3/c1-11-10-12-13-4-5-16(22)19(13,2)8-6-14(12)20(3)9-7-15(21)18(23)17(11)20/h11-15,21,23H,4-10H2,1-3H3/t11?,12-,13-,14-,15-,19-,20+/m0/s1. The molecule has 3 nitrogen and oxygen atoms in total. The zero-order chi connectivity index (χ0) is 16.6. The minimum Gasteiger partial charge on any atom is -0.510 e. The summed E-state index contributed by atoms with van der Waals surface area (Å²) in [5.74, 6) is 2.76. The van der Waals surface area contributed by atoms with Crippen LogP contribution in [0.2, 0.25) is 0 Å². The van der Waals surface area contributed by atoms with Crippen molar-refractivity contribution in [1.82, 2.24) is 0 Å². The van der Waals surface area contributed by atoms with Crippen LogP contribution in [0.1, 0.15) is 65.7 Å². The number of rotatable bonds is 0. The summed E-state index contributed by atoms with van der Waals surface area (Å²) in [7, 11) is 0. The second kappa shape index (κ2) is 4.84. The van der Waals surface area contributed by atoms with Gasteiger partial charge < -0.3 is 10.2 Å². The lowest BCUT2D eigenvalue weighted by Crippen LogP contribution is -2.53. The van der Waals surface area contributed by atoms with E-state index in [0.717, 1.165) is 44.1 Å². The minimum absolute atomic E-state index is 0.0125. The van der Waals surface area contributed by atoms with Gasteiger partial charge in [-0.2, -0.15) is 0 Å². The van der Waals surface area contributed by atoms with E-state index in [1.807, 2.05) is 0 Å². The van der Waals surface area contributed by atoms with Crippen LogP contribution < -0.4 is 0 Å². The zero-order valence-corrected chi connectivity index (χ0v) is 14.6. The van der Waals surface area contributed by atoms with Crippen LogP contribution in [0.3, 0.4) is 0 Å². The fourth-order valence-electron chi connectivity index (χ4n) is 7.08. The third-order valence-electron chi connectivity index (χ3n) is 8.23. The van der Waals surface area contributed by atoms with Gasteiger partial charge in [0.1, 0.15) is 17.6 Å². The third kappa shape index (κ3) is 1.89. The molecule has 3 heteroatoms. The molecule has 3 saturated carbocycles. The van der Waals surface area contributed by atoms with Gasteiger partial charge in [-0.05, 0) is 73.2 Å². The minimum atomic E-state index is -0.668. The molecule has 0 aromatic rings. The predicted octanol–water partition coefficient (Wildman–Crippen LogP) is 4.01. The molecule has 4 aliphatic rings. The van der Waals surface area contributed by atoms with Gasteiger partial charge in [-0.3, -0.25) is 4.79 Å². The highest BCUT2D eigenvalue weighted by atomic mass is 16.3. The van der Waals surface area contributed by atoms with E-state index in [1.54, 1.807) is 0 Å². The summed E-state index contributed by atoms with van der Waals surface area (Å²) in [5, 5.41) is 20.7. The molecule has 0 spiro atoms. The Kier molecular flexibility index (Phi) is 3.30. The number of fused-ring (bicyclic) bond motifs is 5. The van der Waals surface area contributed by atoms with E-state index in [9.17, 15) is 15.0 Å². The fraction of sp³-hybridized carbons (Fsp3) is 0.850. The van der Waals surface area contributed by atoms with E-state index < -0.39 is 6.10 Å². The highest BCUT2D eigenvalue weighted by molar-refractivity contribution is 5.87. The van der Waals surface area contributed by atoms with Gasteiger partial charge in [0, 0.05) is 11.8 Å². The average Bonchev–Trinajstić information content (AvgIpc) is 2.79. The van der Waals surface area contributed by atoms with Crippen molar-refractivity contribution in [1.29, 1.82) is 0 Å². The largest absolute Gasteiger partial charge is 0.510 e. The number of hydrogen-bond acceptors (Lipinski definition) is 3. The summed E-state index contributed by atoms with van der Waals surface area (Å²) in [6, 6.07) is 0. The van der Waals surface area contributed by atoms with Gasteiger partial charge in [0.15, 0.2) is 0 Å². The average molecular weight is 318 g/mol. The number of carbonyl (C=O) groups is 1. The number of hydrogen-bond donors (Lipinski definition) is 2. The van der Waals surface area contributed by atoms with Crippen LogP contribution in [0, 0.1) is 34.5 Å². The number of aliphatic hydroxyl groups is 2. The normalized spacial score (nSPS) is 52.9. The van der Waals surface area contributed by atoms with E-state index in [2.05, 4.69) is 20.8 Å². The summed E-state index contributed by atoms with van der Waals surface area (Å²) in [6.07, 6.45) is 5.98. The first-order valence-corrected chi connectivity index (χ1v) is 9.44. The Morgan fingerprint density at radius 3 is 2.43 bits per heavy atom. The quantitative estimate of drug-likeness (QED) is 0.709. The first-order valence-electron chi connectivity index (χ1n) is 9.44. The SMILES string of the molecule is CC1C[C@@H]2[C@H](CC[C@]3(C)C(=O)CC[C@@H]23)[C@@]2(C)CC[C@H](O)C(O)=C12. The number of aliphatic hydroxyl groups excluding tert-OH is 2. The van der Waals surface area contributed by atoms with Crippen molar-refractivity contribution in [3.63, 3.8) is 0 Å². The van der Waals surface area contributed by atoms with Gasteiger partial charge in [-0.25, -0.2) is 0 Å². The first kappa shape index (κ1) is 15.7. The molecule has 0 amide bonds. The Morgan fingerprint density at radius 2 is 1.70 bits per heavy atom. The number of Topliss-reactive ketones (excluding diaryl/α,β-unsaturated/α-hetero) is 1.